The van der Waals surface area contributed by atoms with Crippen LogP contribution in [0, 0.1) is 0 Å². The number of hydrogen-bond donors (Lipinski definition) is 1. The topological polar surface area (TPSA) is 35.6 Å². The van der Waals surface area contributed by atoms with Crippen molar-refractivity contribution in [2.45, 2.75) is 56.7 Å². The third kappa shape index (κ3) is 2.92. The van der Waals surface area contributed by atoms with Crippen LogP contribution in [-0.2, 0) is 12.8 Å². The molecule has 3 aliphatic rings. The molecule has 2 unspecified atom stereocenters. The number of carbonyl (C=O) groups is 1. The minimum Gasteiger partial charge on any atom is -0.335 e. The van der Waals surface area contributed by atoms with E-state index in [2.05, 4.69) is 53.7 Å². The molecule has 3 heterocycles. The van der Waals surface area contributed by atoms with E-state index in [1.54, 1.807) is 0 Å². The zero-order valence-corrected chi connectivity index (χ0v) is 15.9. The number of para-hydroxylation sites is 2. The lowest BCUT2D eigenvalue weighted by Gasteiger charge is -2.37. The summed E-state index contributed by atoms with van der Waals surface area (Å²) >= 11 is 0. The summed E-state index contributed by atoms with van der Waals surface area (Å²) in [5.74, 6) is 0. The van der Waals surface area contributed by atoms with Gasteiger partial charge >= 0.3 is 6.03 Å². The van der Waals surface area contributed by atoms with E-state index in [1.165, 1.54) is 24.0 Å². The van der Waals surface area contributed by atoms with Gasteiger partial charge in [0.1, 0.15) is 0 Å². The lowest BCUT2D eigenvalue weighted by atomic mass is 9.98. The third-order valence-electron chi connectivity index (χ3n) is 6.76. The molecular weight excluding hydrogens is 334 g/mol. The van der Waals surface area contributed by atoms with E-state index in [-0.39, 0.29) is 12.1 Å². The monoisotopic (exact) mass is 361 g/mol. The summed E-state index contributed by atoms with van der Waals surface area (Å²) in [5.41, 5.74) is 4.53. The van der Waals surface area contributed by atoms with E-state index >= 15 is 0 Å². The first-order valence-electron chi connectivity index (χ1n) is 10.2. The van der Waals surface area contributed by atoms with Gasteiger partial charge in [0.2, 0.25) is 0 Å². The molecule has 2 aromatic rings. The second-order valence-corrected chi connectivity index (χ2v) is 8.26. The number of benzene rings is 2. The standard InChI is InChI=1S/C23H27N3O/c1-25-19-12-13-20(25)15-18(14-19)24-23(27)26-21-8-4-2-6-16(21)10-11-17-7-3-5-9-22(17)26/h2-9,18-20H,10-15H2,1H3,(H,24,27). The minimum absolute atomic E-state index is 0.0192. The van der Waals surface area contributed by atoms with Crippen LogP contribution in [-0.4, -0.2) is 36.1 Å². The predicted octanol–water partition coefficient (Wildman–Crippen LogP) is 4.26. The molecule has 5 rings (SSSR count). The Balaban J connectivity index is 1.46. The molecule has 4 nitrogen and oxygen atoms in total. The van der Waals surface area contributed by atoms with Crippen LogP contribution in [0.15, 0.2) is 48.5 Å². The van der Waals surface area contributed by atoms with Gasteiger partial charge in [0.25, 0.3) is 0 Å². The third-order valence-corrected chi connectivity index (χ3v) is 6.76. The van der Waals surface area contributed by atoms with E-state index in [4.69, 9.17) is 0 Å². The summed E-state index contributed by atoms with van der Waals surface area (Å²) < 4.78 is 0. The van der Waals surface area contributed by atoms with Gasteiger partial charge in [-0.1, -0.05) is 36.4 Å². The summed E-state index contributed by atoms with van der Waals surface area (Å²) in [6.07, 6.45) is 6.60. The SMILES string of the molecule is CN1C2CCC1CC(NC(=O)N1c3ccccc3CCc3ccccc31)C2. The van der Waals surface area contributed by atoms with Crippen LogP contribution in [0.2, 0.25) is 0 Å². The summed E-state index contributed by atoms with van der Waals surface area (Å²) in [7, 11) is 2.24. The number of rotatable bonds is 1. The number of carbonyl (C=O) groups excluding carboxylic acids is 1. The molecule has 2 aromatic carbocycles. The van der Waals surface area contributed by atoms with Crippen molar-refractivity contribution in [2.75, 3.05) is 11.9 Å². The van der Waals surface area contributed by atoms with E-state index in [9.17, 15) is 4.79 Å². The average molecular weight is 361 g/mol. The first kappa shape index (κ1) is 16.8. The first-order valence-corrected chi connectivity index (χ1v) is 10.2. The van der Waals surface area contributed by atoms with Crippen LogP contribution in [0.3, 0.4) is 0 Å². The van der Waals surface area contributed by atoms with Gasteiger partial charge in [0, 0.05) is 18.1 Å². The van der Waals surface area contributed by atoms with Gasteiger partial charge in [-0.25, -0.2) is 4.79 Å². The van der Waals surface area contributed by atoms with Crippen molar-refractivity contribution in [3.8, 4) is 0 Å². The Kier molecular flexibility index (Phi) is 4.16. The highest BCUT2D eigenvalue weighted by Crippen LogP contribution is 2.37. The molecule has 2 atom stereocenters. The van der Waals surface area contributed by atoms with Gasteiger partial charge < -0.3 is 10.2 Å². The van der Waals surface area contributed by atoms with E-state index in [0.717, 1.165) is 37.1 Å². The van der Waals surface area contributed by atoms with Crippen LogP contribution in [0.25, 0.3) is 0 Å². The summed E-state index contributed by atoms with van der Waals surface area (Å²) in [6.45, 7) is 0. The summed E-state index contributed by atoms with van der Waals surface area (Å²) in [6, 6.07) is 18.2. The Morgan fingerprint density at radius 3 is 1.96 bits per heavy atom. The number of amides is 2. The number of nitrogens with one attached hydrogen (secondary N) is 1. The van der Waals surface area contributed by atoms with Gasteiger partial charge in [-0.3, -0.25) is 4.90 Å². The molecule has 140 valence electrons. The Morgan fingerprint density at radius 2 is 1.41 bits per heavy atom. The van der Waals surface area contributed by atoms with Crippen molar-refractivity contribution >= 4 is 17.4 Å². The van der Waals surface area contributed by atoms with Gasteiger partial charge in [-0.05, 0) is 68.8 Å². The fourth-order valence-corrected chi connectivity index (χ4v) is 5.27. The van der Waals surface area contributed by atoms with E-state index in [1.807, 2.05) is 17.0 Å². The molecule has 1 N–H and O–H groups in total. The lowest BCUT2D eigenvalue weighted by Crippen LogP contribution is -2.51. The average Bonchev–Trinajstić information content (AvgIpc) is 2.87. The number of nitrogens with zero attached hydrogens (tertiary/aromatic N) is 2. The van der Waals surface area contributed by atoms with Crippen molar-refractivity contribution in [1.29, 1.82) is 0 Å². The number of urea groups is 1. The molecule has 0 aromatic heterocycles. The molecule has 0 radical (unpaired) electrons. The van der Waals surface area contributed by atoms with Gasteiger partial charge in [0.05, 0.1) is 11.4 Å². The van der Waals surface area contributed by atoms with Crippen LogP contribution >= 0.6 is 0 Å². The quantitative estimate of drug-likeness (QED) is 0.824. The second kappa shape index (κ2) is 6.68. The second-order valence-electron chi connectivity index (χ2n) is 8.26. The maximum Gasteiger partial charge on any atom is 0.326 e. The molecule has 2 saturated heterocycles. The Bertz CT molecular complexity index is 803. The van der Waals surface area contributed by atoms with E-state index in [0.29, 0.717) is 12.1 Å². The molecule has 2 fully saturated rings. The lowest BCUT2D eigenvalue weighted by molar-refractivity contribution is 0.150. The first-order chi connectivity index (χ1) is 13.2. The molecule has 4 heteroatoms. The highest BCUT2D eigenvalue weighted by atomic mass is 16.2. The molecule has 27 heavy (non-hydrogen) atoms. The largest absolute Gasteiger partial charge is 0.335 e. The molecule has 2 bridgehead atoms. The fourth-order valence-electron chi connectivity index (χ4n) is 5.27. The number of aryl methyl sites for hydroxylation is 2. The molecule has 0 aliphatic carbocycles. The van der Waals surface area contributed by atoms with Crippen LogP contribution in [0.5, 0.6) is 0 Å². The van der Waals surface area contributed by atoms with Crippen molar-refractivity contribution in [1.82, 2.24) is 10.2 Å². The maximum atomic E-state index is 13.5. The van der Waals surface area contributed by atoms with Crippen LogP contribution in [0.4, 0.5) is 16.2 Å². The van der Waals surface area contributed by atoms with E-state index < -0.39 is 0 Å². The normalized spacial score (nSPS) is 26.9. The molecule has 3 aliphatic heterocycles. The number of fused-ring (bicyclic) bond motifs is 4. The molecule has 0 spiro atoms. The molecular formula is C23H27N3O. The highest BCUT2D eigenvalue weighted by molar-refractivity contribution is 6.01. The zero-order chi connectivity index (χ0) is 18.4. The van der Waals surface area contributed by atoms with Crippen molar-refractivity contribution in [3.05, 3.63) is 59.7 Å². The Hall–Kier alpha value is -2.33. The summed E-state index contributed by atoms with van der Waals surface area (Å²) in [4.78, 5) is 17.9. The highest BCUT2D eigenvalue weighted by Gasteiger charge is 2.39. The fraction of sp³-hybridized carbons (Fsp3) is 0.435. The van der Waals surface area contributed by atoms with Gasteiger partial charge in [-0.15, -0.1) is 0 Å². The predicted molar refractivity (Wildman–Crippen MR) is 109 cm³/mol. The van der Waals surface area contributed by atoms with Crippen molar-refractivity contribution in [3.63, 3.8) is 0 Å². The van der Waals surface area contributed by atoms with Gasteiger partial charge in [0.15, 0.2) is 0 Å². The Labute approximate surface area is 161 Å². The van der Waals surface area contributed by atoms with Crippen LogP contribution < -0.4 is 10.2 Å². The Morgan fingerprint density at radius 1 is 0.889 bits per heavy atom. The zero-order valence-electron chi connectivity index (χ0n) is 15.9. The van der Waals surface area contributed by atoms with Crippen molar-refractivity contribution in [2.24, 2.45) is 0 Å². The minimum atomic E-state index is 0.0192. The number of anilines is 2. The van der Waals surface area contributed by atoms with Crippen molar-refractivity contribution < 1.29 is 4.79 Å². The maximum absolute atomic E-state index is 13.5. The molecule has 0 saturated carbocycles. The summed E-state index contributed by atoms with van der Waals surface area (Å²) in [5, 5.41) is 3.38. The number of piperidine rings is 1. The molecule has 2 amide bonds. The van der Waals surface area contributed by atoms with Crippen LogP contribution in [0.1, 0.15) is 36.8 Å². The number of hydrogen-bond acceptors (Lipinski definition) is 2. The van der Waals surface area contributed by atoms with Gasteiger partial charge in [-0.2, -0.15) is 0 Å². The smallest absolute Gasteiger partial charge is 0.326 e.